The summed E-state index contributed by atoms with van der Waals surface area (Å²) in [6.45, 7) is 8.84. The van der Waals surface area contributed by atoms with E-state index in [2.05, 4.69) is 31.1 Å². The van der Waals surface area contributed by atoms with Gasteiger partial charge < -0.3 is 14.7 Å². The lowest BCUT2D eigenvalue weighted by atomic mass is 10.2. The predicted molar refractivity (Wildman–Crippen MR) is 71.7 cm³/mol. The van der Waals surface area contributed by atoms with Gasteiger partial charge in [-0.2, -0.15) is 0 Å². The van der Waals surface area contributed by atoms with Crippen LogP contribution in [0.3, 0.4) is 0 Å². The van der Waals surface area contributed by atoms with Crippen molar-refractivity contribution in [1.82, 2.24) is 10.3 Å². The molecule has 0 radical (unpaired) electrons. The highest BCUT2D eigenvalue weighted by Gasteiger charge is 2.44. The third-order valence-corrected chi connectivity index (χ3v) is 7.86. The van der Waals surface area contributed by atoms with Crippen molar-refractivity contribution in [2.75, 3.05) is 20.2 Å². The SMILES string of the molecule is CCN[Si]1(OC)CCCCC1NCC(C)C. The van der Waals surface area contributed by atoms with Gasteiger partial charge in [0.05, 0.1) is 0 Å². The summed E-state index contributed by atoms with van der Waals surface area (Å²) in [6.07, 6.45) is 3.95. The van der Waals surface area contributed by atoms with Crippen molar-refractivity contribution in [3.63, 3.8) is 0 Å². The highest BCUT2D eigenvalue weighted by molar-refractivity contribution is 6.73. The Morgan fingerprint density at radius 2 is 2.12 bits per heavy atom. The first-order chi connectivity index (χ1) is 7.64. The van der Waals surface area contributed by atoms with E-state index in [0.29, 0.717) is 11.6 Å². The molecule has 0 amide bonds. The molecule has 0 spiro atoms. The lowest BCUT2D eigenvalue weighted by Crippen LogP contribution is -2.67. The number of rotatable bonds is 6. The van der Waals surface area contributed by atoms with Gasteiger partial charge in [0, 0.05) is 12.8 Å². The summed E-state index contributed by atoms with van der Waals surface area (Å²) in [6, 6.07) is 1.26. The second kappa shape index (κ2) is 6.74. The van der Waals surface area contributed by atoms with Crippen LogP contribution in [0.15, 0.2) is 0 Å². The van der Waals surface area contributed by atoms with E-state index in [4.69, 9.17) is 4.43 Å². The molecule has 1 fully saturated rings. The molecule has 0 bridgehead atoms. The van der Waals surface area contributed by atoms with E-state index in [0.717, 1.165) is 13.1 Å². The fraction of sp³-hybridized carbons (Fsp3) is 1.00. The van der Waals surface area contributed by atoms with Gasteiger partial charge in [-0.1, -0.05) is 33.6 Å². The van der Waals surface area contributed by atoms with Crippen LogP contribution in [0, 0.1) is 5.92 Å². The van der Waals surface area contributed by atoms with Gasteiger partial charge in [-0.05, 0) is 31.5 Å². The monoisotopic (exact) mass is 244 g/mol. The lowest BCUT2D eigenvalue weighted by Gasteiger charge is -2.41. The Kier molecular flexibility index (Phi) is 5.96. The Labute approximate surface area is 102 Å². The molecule has 1 saturated heterocycles. The lowest BCUT2D eigenvalue weighted by molar-refractivity contribution is 0.324. The zero-order valence-electron chi connectivity index (χ0n) is 11.3. The van der Waals surface area contributed by atoms with Gasteiger partial charge in [0.1, 0.15) is 0 Å². The second-order valence-electron chi connectivity index (χ2n) is 5.22. The molecule has 4 heteroatoms. The largest absolute Gasteiger partial charge is 0.405 e. The van der Waals surface area contributed by atoms with Gasteiger partial charge in [-0.15, -0.1) is 0 Å². The summed E-state index contributed by atoms with van der Waals surface area (Å²) in [7, 11) is 0.179. The molecular weight excluding hydrogens is 216 g/mol. The van der Waals surface area contributed by atoms with E-state index in [-0.39, 0.29) is 0 Å². The molecule has 0 aromatic carbocycles. The van der Waals surface area contributed by atoms with Gasteiger partial charge in [0.15, 0.2) is 0 Å². The summed E-state index contributed by atoms with van der Waals surface area (Å²) in [5.74, 6) is 0.715. The van der Waals surface area contributed by atoms with E-state index in [9.17, 15) is 0 Å². The summed E-state index contributed by atoms with van der Waals surface area (Å²) in [4.78, 5) is 3.68. The molecular formula is C12H28N2OSi. The molecule has 0 aromatic rings. The van der Waals surface area contributed by atoms with Gasteiger partial charge in [0.25, 0.3) is 8.48 Å². The minimum absolute atomic E-state index is 0.591. The summed E-state index contributed by atoms with van der Waals surface area (Å²) in [5, 5.41) is 3.72. The number of nitrogens with one attached hydrogen (secondary N) is 2. The molecule has 96 valence electrons. The average Bonchev–Trinajstić information content (AvgIpc) is 2.28. The molecule has 1 heterocycles. The Bertz CT molecular complexity index is 197. The van der Waals surface area contributed by atoms with Crippen molar-refractivity contribution >= 4 is 8.48 Å². The molecule has 16 heavy (non-hydrogen) atoms. The van der Waals surface area contributed by atoms with Gasteiger partial charge in [-0.25, -0.2) is 0 Å². The minimum atomic E-state index is -1.71. The molecule has 3 nitrogen and oxygen atoms in total. The fourth-order valence-electron chi connectivity index (χ4n) is 2.62. The predicted octanol–water partition coefficient (Wildman–Crippen LogP) is 2.02. The maximum absolute atomic E-state index is 5.93. The third kappa shape index (κ3) is 3.55. The van der Waals surface area contributed by atoms with Crippen molar-refractivity contribution in [3.05, 3.63) is 0 Å². The van der Waals surface area contributed by atoms with Crippen molar-refractivity contribution in [2.45, 2.75) is 51.7 Å². The van der Waals surface area contributed by atoms with Crippen LogP contribution in [-0.2, 0) is 4.43 Å². The zero-order chi connectivity index (χ0) is 12.0. The van der Waals surface area contributed by atoms with Crippen LogP contribution in [0.1, 0.15) is 40.0 Å². The number of hydrogen-bond donors (Lipinski definition) is 2. The summed E-state index contributed by atoms with van der Waals surface area (Å²) in [5.41, 5.74) is 0.591. The van der Waals surface area contributed by atoms with Crippen LogP contribution in [0.4, 0.5) is 0 Å². The second-order valence-corrected chi connectivity index (χ2v) is 8.96. The summed E-state index contributed by atoms with van der Waals surface area (Å²) < 4.78 is 5.93. The highest BCUT2D eigenvalue weighted by Crippen LogP contribution is 2.26. The Balaban J connectivity index is 2.60. The van der Waals surface area contributed by atoms with Crippen LogP contribution in [0.2, 0.25) is 6.04 Å². The van der Waals surface area contributed by atoms with Crippen molar-refractivity contribution in [1.29, 1.82) is 0 Å². The smallest absolute Gasteiger partial charge is 0.285 e. The maximum atomic E-state index is 5.93. The first-order valence-corrected chi connectivity index (χ1v) is 8.87. The molecule has 1 rings (SSSR count). The molecule has 1 aliphatic rings. The molecule has 2 unspecified atom stereocenters. The Hall–Kier alpha value is 0.0969. The van der Waals surface area contributed by atoms with E-state index in [1.807, 2.05) is 7.11 Å². The zero-order valence-corrected chi connectivity index (χ0v) is 12.3. The topological polar surface area (TPSA) is 33.3 Å². The summed E-state index contributed by atoms with van der Waals surface area (Å²) >= 11 is 0. The Morgan fingerprint density at radius 1 is 1.38 bits per heavy atom. The molecule has 0 aliphatic carbocycles. The normalized spacial score (nSPS) is 30.9. The van der Waals surface area contributed by atoms with E-state index >= 15 is 0 Å². The minimum Gasteiger partial charge on any atom is -0.405 e. The van der Waals surface area contributed by atoms with E-state index in [1.54, 1.807) is 0 Å². The molecule has 1 aliphatic heterocycles. The third-order valence-electron chi connectivity index (χ3n) is 3.47. The molecule has 0 saturated carbocycles. The van der Waals surface area contributed by atoms with Gasteiger partial charge in [0.2, 0.25) is 0 Å². The van der Waals surface area contributed by atoms with Gasteiger partial charge in [-0.3, -0.25) is 0 Å². The quantitative estimate of drug-likeness (QED) is 0.701. The standard InChI is InChI=1S/C12H28N2OSi/c1-5-14-16(15-4)9-7-6-8-12(16)13-10-11(2)3/h11-14H,5-10H2,1-4H3. The molecule has 2 atom stereocenters. The van der Waals surface area contributed by atoms with Crippen LogP contribution in [0.5, 0.6) is 0 Å². The Morgan fingerprint density at radius 3 is 2.69 bits per heavy atom. The fourth-order valence-corrected chi connectivity index (χ4v) is 6.51. The van der Waals surface area contributed by atoms with Crippen LogP contribution >= 0.6 is 0 Å². The van der Waals surface area contributed by atoms with Crippen LogP contribution in [-0.4, -0.2) is 34.3 Å². The molecule has 2 N–H and O–H groups in total. The first-order valence-electron chi connectivity index (χ1n) is 6.68. The van der Waals surface area contributed by atoms with Crippen LogP contribution < -0.4 is 10.3 Å². The maximum Gasteiger partial charge on any atom is 0.285 e. The van der Waals surface area contributed by atoms with Crippen molar-refractivity contribution in [2.24, 2.45) is 5.92 Å². The average molecular weight is 244 g/mol. The number of hydrogen-bond acceptors (Lipinski definition) is 3. The van der Waals surface area contributed by atoms with Gasteiger partial charge >= 0.3 is 0 Å². The highest BCUT2D eigenvalue weighted by atomic mass is 28.4. The van der Waals surface area contributed by atoms with Crippen molar-refractivity contribution in [3.8, 4) is 0 Å². The first kappa shape index (κ1) is 14.2. The molecule has 0 aromatic heterocycles. The van der Waals surface area contributed by atoms with Crippen LogP contribution in [0.25, 0.3) is 0 Å². The van der Waals surface area contributed by atoms with E-state index < -0.39 is 8.48 Å². The van der Waals surface area contributed by atoms with E-state index in [1.165, 1.54) is 25.3 Å². The van der Waals surface area contributed by atoms with Crippen molar-refractivity contribution < 1.29 is 4.43 Å².